The highest BCUT2D eigenvalue weighted by Gasteiger charge is 2.13. The molecule has 0 aliphatic heterocycles. The van der Waals surface area contributed by atoms with Crippen molar-refractivity contribution in [2.24, 2.45) is 0 Å². The smallest absolute Gasteiger partial charge is 0.349 e. The summed E-state index contributed by atoms with van der Waals surface area (Å²) in [5, 5.41) is 0.692. The first-order chi connectivity index (χ1) is 9.17. The van der Waals surface area contributed by atoms with Crippen molar-refractivity contribution in [2.45, 2.75) is 0 Å². The summed E-state index contributed by atoms with van der Waals surface area (Å²) >= 11 is 7.15. The molecule has 0 unspecified atom stereocenters. The largest absolute Gasteiger partial charge is 0.465 e. The van der Waals surface area contributed by atoms with Gasteiger partial charge in [-0.25, -0.2) is 9.78 Å². The summed E-state index contributed by atoms with van der Waals surface area (Å²) in [7, 11) is 1.37. The van der Waals surface area contributed by atoms with Gasteiger partial charge in [0.1, 0.15) is 4.88 Å². The zero-order valence-electron chi connectivity index (χ0n) is 9.96. The Balaban J connectivity index is 2.01. The lowest BCUT2D eigenvalue weighted by Gasteiger charge is -1.95. The summed E-state index contributed by atoms with van der Waals surface area (Å²) in [6, 6.07) is 7.47. The Bertz CT molecular complexity index is 714. The molecule has 0 bridgehead atoms. The van der Waals surface area contributed by atoms with Crippen LogP contribution in [0, 0.1) is 0 Å². The second-order valence-electron chi connectivity index (χ2n) is 3.91. The molecule has 2 heterocycles. The maximum Gasteiger partial charge on any atom is 0.349 e. The Morgan fingerprint density at radius 1 is 1.32 bits per heavy atom. The molecule has 0 amide bonds. The highest BCUT2D eigenvalue weighted by molar-refractivity contribution is 7.18. The van der Waals surface area contributed by atoms with Crippen molar-refractivity contribution < 1.29 is 9.53 Å². The number of methoxy groups -OCH3 is 1. The number of thiazole rings is 1. The van der Waals surface area contributed by atoms with Gasteiger partial charge in [0.25, 0.3) is 0 Å². The van der Waals surface area contributed by atoms with Crippen molar-refractivity contribution in [3.63, 3.8) is 0 Å². The Hall–Kier alpha value is -1.85. The first kappa shape index (κ1) is 12.2. The molecule has 0 fully saturated rings. The Labute approximate surface area is 118 Å². The summed E-state index contributed by atoms with van der Waals surface area (Å²) in [5.74, 6) is -0.344. The van der Waals surface area contributed by atoms with Gasteiger partial charge in [0, 0.05) is 23.0 Å². The van der Waals surface area contributed by atoms with E-state index in [0.717, 1.165) is 16.2 Å². The molecule has 0 N–H and O–H groups in total. The number of esters is 1. The summed E-state index contributed by atoms with van der Waals surface area (Å²) < 4.78 is 6.50. The number of halogens is 1. The molecule has 4 nitrogen and oxygen atoms in total. The third-order valence-corrected chi connectivity index (χ3v) is 3.91. The third-order valence-electron chi connectivity index (χ3n) is 2.68. The van der Waals surface area contributed by atoms with Gasteiger partial charge in [0.15, 0.2) is 4.96 Å². The highest BCUT2D eigenvalue weighted by Crippen LogP contribution is 2.25. The first-order valence-corrected chi connectivity index (χ1v) is 6.69. The predicted octanol–water partition coefficient (Wildman–Crippen LogP) is 3.50. The van der Waals surface area contributed by atoms with Crippen molar-refractivity contribution in [1.82, 2.24) is 9.38 Å². The van der Waals surface area contributed by atoms with Crippen molar-refractivity contribution >= 4 is 33.9 Å². The number of carbonyl (C=O) groups is 1. The lowest BCUT2D eigenvalue weighted by Crippen LogP contribution is -1.97. The van der Waals surface area contributed by atoms with Gasteiger partial charge in [-0.05, 0) is 12.1 Å². The molecular formula is C13H9ClN2O2S. The molecule has 0 saturated carbocycles. The van der Waals surface area contributed by atoms with Crippen LogP contribution in [0.2, 0.25) is 5.02 Å². The number of carbonyl (C=O) groups excluding carboxylic acids is 1. The van der Waals surface area contributed by atoms with E-state index < -0.39 is 0 Å². The molecule has 3 rings (SSSR count). The van der Waals surface area contributed by atoms with Crippen molar-refractivity contribution in [3.8, 4) is 11.3 Å². The zero-order valence-corrected chi connectivity index (χ0v) is 11.5. The molecule has 0 aliphatic rings. The van der Waals surface area contributed by atoms with Crippen LogP contribution in [0.4, 0.5) is 0 Å². The Morgan fingerprint density at radius 3 is 2.68 bits per heavy atom. The van der Waals surface area contributed by atoms with Crippen molar-refractivity contribution in [1.29, 1.82) is 0 Å². The third kappa shape index (κ3) is 2.22. The molecule has 0 radical (unpaired) electrons. The van der Waals surface area contributed by atoms with E-state index in [-0.39, 0.29) is 5.97 Å². The van der Waals surface area contributed by atoms with Crippen LogP contribution in [-0.2, 0) is 4.74 Å². The maximum absolute atomic E-state index is 11.4. The molecule has 1 aromatic carbocycles. The number of hydrogen-bond donors (Lipinski definition) is 0. The zero-order chi connectivity index (χ0) is 13.4. The van der Waals surface area contributed by atoms with E-state index in [1.807, 2.05) is 34.9 Å². The molecular weight excluding hydrogens is 284 g/mol. The van der Waals surface area contributed by atoms with Crippen LogP contribution in [0.15, 0.2) is 36.7 Å². The van der Waals surface area contributed by atoms with Gasteiger partial charge in [0.05, 0.1) is 12.8 Å². The van der Waals surface area contributed by atoms with E-state index in [9.17, 15) is 4.79 Å². The lowest BCUT2D eigenvalue weighted by atomic mass is 10.2. The standard InChI is InChI=1S/C13H9ClN2O2S/c1-18-12(17)11-7-16-6-10(15-13(16)19-11)8-2-4-9(14)5-3-8/h2-7H,1H3. The minimum Gasteiger partial charge on any atom is -0.465 e. The number of aromatic nitrogens is 2. The van der Waals surface area contributed by atoms with Crippen LogP contribution in [0.1, 0.15) is 9.67 Å². The molecule has 19 heavy (non-hydrogen) atoms. The number of ether oxygens (including phenoxy) is 1. The fourth-order valence-corrected chi connectivity index (χ4v) is 2.76. The lowest BCUT2D eigenvalue weighted by molar-refractivity contribution is 0.0606. The Kier molecular flexibility index (Phi) is 3.00. The Morgan fingerprint density at radius 2 is 2.05 bits per heavy atom. The second-order valence-corrected chi connectivity index (χ2v) is 5.36. The van der Waals surface area contributed by atoms with E-state index in [1.165, 1.54) is 18.4 Å². The number of imidazole rings is 1. The van der Waals surface area contributed by atoms with Gasteiger partial charge in [-0.1, -0.05) is 35.1 Å². The van der Waals surface area contributed by atoms with Gasteiger partial charge in [-0.3, -0.25) is 4.40 Å². The fourth-order valence-electron chi connectivity index (χ4n) is 1.75. The van der Waals surface area contributed by atoms with Crippen LogP contribution in [0.5, 0.6) is 0 Å². The van der Waals surface area contributed by atoms with Gasteiger partial charge < -0.3 is 4.74 Å². The number of nitrogens with zero attached hydrogens (tertiary/aromatic N) is 2. The van der Waals surface area contributed by atoms with E-state index >= 15 is 0 Å². The number of hydrogen-bond acceptors (Lipinski definition) is 4. The second kappa shape index (κ2) is 4.68. The quantitative estimate of drug-likeness (QED) is 0.679. The van der Waals surface area contributed by atoms with E-state index in [0.29, 0.717) is 9.90 Å². The first-order valence-electron chi connectivity index (χ1n) is 5.50. The van der Waals surface area contributed by atoms with Crippen LogP contribution < -0.4 is 0 Å². The molecule has 0 saturated heterocycles. The minimum atomic E-state index is -0.344. The van der Waals surface area contributed by atoms with Gasteiger partial charge in [0.2, 0.25) is 0 Å². The topological polar surface area (TPSA) is 43.6 Å². The van der Waals surface area contributed by atoms with Crippen LogP contribution in [-0.4, -0.2) is 22.5 Å². The fraction of sp³-hybridized carbons (Fsp3) is 0.0769. The van der Waals surface area contributed by atoms with E-state index in [4.69, 9.17) is 11.6 Å². The number of rotatable bonds is 2. The number of fused-ring (bicyclic) bond motifs is 1. The average molecular weight is 293 g/mol. The monoisotopic (exact) mass is 292 g/mol. The summed E-state index contributed by atoms with van der Waals surface area (Å²) in [4.78, 5) is 17.2. The van der Waals surface area contributed by atoms with Gasteiger partial charge >= 0.3 is 5.97 Å². The SMILES string of the molecule is COC(=O)c1cn2cc(-c3ccc(Cl)cc3)nc2s1. The predicted molar refractivity (Wildman–Crippen MR) is 74.9 cm³/mol. The van der Waals surface area contributed by atoms with Crippen LogP contribution >= 0.6 is 22.9 Å². The average Bonchev–Trinajstić information content (AvgIpc) is 2.97. The van der Waals surface area contributed by atoms with Gasteiger partial charge in [-0.15, -0.1) is 0 Å². The minimum absolute atomic E-state index is 0.344. The number of benzene rings is 1. The summed E-state index contributed by atoms with van der Waals surface area (Å²) in [6.07, 6.45) is 3.60. The maximum atomic E-state index is 11.4. The molecule has 96 valence electrons. The molecule has 0 aliphatic carbocycles. The van der Waals surface area contributed by atoms with Gasteiger partial charge in [-0.2, -0.15) is 0 Å². The highest BCUT2D eigenvalue weighted by atomic mass is 35.5. The van der Waals surface area contributed by atoms with E-state index in [2.05, 4.69) is 9.72 Å². The summed E-state index contributed by atoms with van der Waals surface area (Å²) in [6.45, 7) is 0. The molecule has 0 spiro atoms. The van der Waals surface area contributed by atoms with Crippen LogP contribution in [0.25, 0.3) is 16.2 Å². The van der Waals surface area contributed by atoms with E-state index in [1.54, 1.807) is 6.20 Å². The molecule has 0 atom stereocenters. The van der Waals surface area contributed by atoms with Crippen molar-refractivity contribution in [2.75, 3.05) is 7.11 Å². The van der Waals surface area contributed by atoms with Crippen LogP contribution in [0.3, 0.4) is 0 Å². The molecule has 3 aromatic rings. The normalized spacial score (nSPS) is 10.8. The molecule has 2 aromatic heterocycles. The molecule has 6 heteroatoms. The summed E-state index contributed by atoms with van der Waals surface area (Å²) in [5.41, 5.74) is 1.83. The van der Waals surface area contributed by atoms with Crippen molar-refractivity contribution in [3.05, 3.63) is 46.6 Å².